The van der Waals surface area contributed by atoms with E-state index in [1.165, 1.54) is 64.2 Å². The molecule has 1 rings (SSSR count). The number of rotatable bonds is 17. The maximum absolute atomic E-state index is 12.2. The van der Waals surface area contributed by atoms with Gasteiger partial charge in [0.1, 0.15) is 0 Å². The summed E-state index contributed by atoms with van der Waals surface area (Å²) in [4.78, 5) is 14.7. The van der Waals surface area contributed by atoms with Crippen molar-refractivity contribution < 1.29 is 4.79 Å². The molecule has 0 aliphatic heterocycles. The van der Waals surface area contributed by atoms with Gasteiger partial charge in [-0.2, -0.15) is 0 Å². The summed E-state index contributed by atoms with van der Waals surface area (Å²) in [6.45, 7) is 8.76. The zero-order valence-electron chi connectivity index (χ0n) is 20.1. The number of hydrogen-bond donors (Lipinski definition) is 2. The monoisotopic (exact) mass is 417 g/mol. The summed E-state index contributed by atoms with van der Waals surface area (Å²) in [5.74, 6) is -0.0217. The maximum atomic E-state index is 12.2. The first-order valence-corrected chi connectivity index (χ1v) is 12.2. The largest absolute Gasteiger partial charge is 0.399 e. The van der Waals surface area contributed by atoms with Crippen LogP contribution in [0.4, 0.5) is 5.69 Å². The van der Waals surface area contributed by atoms with Crippen LogP contribution in [0.2, 0.25) is 0 Å². The molecule has 30 heavy (non-hydrogen) atoms. The summed E-state index contributed by atoms with van der Waals surface area (Å²) in [5.41, 5.74) is 7.18. The number of carbonyl (C=O) groups excluding carboxylic acids is 1. The molecule has 1 amide bonds. The van der Waals surface area contributed by atoms with Crippen LogP contribution in [-0.4, -0.2) is 36.5 Å². The first-order chi connectivity index (χ1) is 14.4. The lowest BCUT2D eigenvalue weighted by atomic mass is 9.96. The van der Waals surface area contributed by atoms with Crippen molar-refractivity contribution >= 4 is 11.6 Å². The number of benzene rings is 1. The van der Waals surface area contributed by atoms with Gasteiger partial charge in [0.2, 0.25) is 0 Å². The summed E-state index contributed by atoms with van der Waals surface area (Å²) in [7, 11) is 2.24. The number of nitrogens with zero attached hydrogens (tertiary/aromatic N) is 1. The van der Waals surface area contributed by atoms with Crippen LogP contribution in [0.3, 0.4) is 0 Å². The summed E-state index contributed by atoms with van der Waals surface area (Å²) < 4.78 is 0. The van der Waals surface area contributed by atoms with Crippen molar-refractivity contribution in [1.29, 1.82) is 0 Å². The van der Waals surface area contributed by atoms with Crippen molar-refractivity contribution in [3.8, 4) is 0 Å². The molecule has 172 valence electrons. The number of nitrogens with two attached hydrogens (primary N) is 1. The first kappa shape index (κ1) is 26.5. The van der Waals surface area contributed by atoms with Gasteiger partial charge in [0.25, 0.3) is 5.91 Å². The van der Waals surface area contributed by atoms with E-state index < -0.39 is 0 Å². The van der Waals surface area contributed by atoms with Crippen molar-refractivity contribution in [2.75, 3.05) is 25.9 Å². The van der Waals surface area contributed by atoms with E-state index in [1.54, 1.807) is 24.3 Å². The number of unbranched alkanes of at least 4 members (excludes halogenated alkanes) is 9. The molecule has 0 saturated carbocycles. The second-order valence-electron chi connectivity index (χ2n) is 9.40. The second-order valence-corrected chi connectivity index (χ2v) is 9.40. The highest BCUT2D eigenvalue weighted by Crippen LogP contribution is 2.20. The smallest absolute Gasteiger partial charge is 0.251 e. The summed E-state index contributed by atoms with van der Waals surface area (Å²) in [5, 5.41) is 3.02. The molecular weight excluding hydrogens is 370 g/mol. The Bertz CT molecular complexity index is 568. The van der Waals surface area contributed by atoms with Crippen molar-refractivity contribution in [1.82, 2.24) is 10.2 Å². The number of hydrogen-bond acceptors (Lipinski definition) is 3. The quantitative estimate of drug-likeness (QED) is 0.227. The highest BCUT2D eigenvalue weighted by molar-refractivity contribution is 5.94. The molecule has 0 atom stereocenters. The van der Waals surface area contributed by atoms with Crippen molar-refractivity contribution in [3.63, 3.8) is 0 Å². The average Bonchev–Trinajstić information content (AvgIpc) is 2.72. The standard InChI is InChI=1S/C26H47N3O/c1-5-6-7-8-9-10-11-12-13-14-22-29(4)26(2,3)20-15-21-28-25(30)23-16-18-24(27)19-17-23/h16-19H,5-15,20-22,27H2,1-4H3,(H,28,30). The summed E-state index contributed by atoms with van der Waals surface area (Å²) >= 11 is 0. The van der Waals surface area contributed by atoms with Gasteiger partial charge in [0, 0.05) is 23.3 Å². The minimum atomic E-state index is -0.0217. The van der Waals surface area contributed by atoms with Crippen molar-refractivity contribution in [3.05, 3.63) is 29.8 Å². The Morgan fingerprint density at radius 1 is 0.900 bits per heavy atom. The number of carbonyl (C=O) groups is 1. The fraction of sp³-hybridized carbons (Fsp3) is 0.731. The van der Waals surface area contributed by atoms with Crippen molar-refractivity contribution in [2.24, 2.45) is 0 Å². The first-order valence-electron chi connectivity index (χ1n) is 12.2. The molecule has 0 aliphatic rings. The predicted molar refractivity (Wildman–Crippen MR) is 131 cm³/mol. The van der Waals surface area contributed by atoms with Gasteiger partial charge in [0.05, 0.1) is 0 Å². The second kappa shape index (κ2) is 15.3. The third-order valence-corrected chi connectivity index (χ3v) is 6.30. The maximum Gasteiger partial charge on any atom is 0.251 e. The van der Waals surface area contributed by atoms with Crippen LogP contribution in [0.15, 0.2) is 24.3 Å². The number of nitrogens with one attached hydrogen (secondary N) is 1. The van der Waals surface area contributed by atoms with Crippen LogP contribution >= 0.6 is 0 Å². The Hall–Kier alpha value is -1.55. The third kappa shape index (κ3) is 11.6. The Morgan fingerprint density at radius 3 is 2.00 bits per heavy atom. The lowest BCUT2D eigenvalue weighted by Crippen LogP contribution is -2.42. The van der Waals surface area contributed by atoms with Crippen LogP contribution in [0.5, 0.6) is 0 Å². The van der Waals surface area contributed by atoms with Gasteiger partial charge in [-0.1, -0.05) is 64.7 Å². The Balaban J connectivity index is 2.09. The average molecular weight is 418 g/mol. The Labute approximate surface area is 186 Å². The molecular formula is C26H47N3O. The normalized spacial score (nSPS) is 11.8. The summed E-state index contributed by atoms with van der Waals surface area (Å²) in [6, 6.07) is 7.07. The molecule has 4 nitrogen and oxygen atoms in total. The zero-order valence-corrected chi connectivity index (χ0v) is 20.1. The number of nitrogen functional groups attached to an aromatic ring is 1. The van der Waals surface area contributed by atoms with E-state index in [-0.39, 0.29) is 11.4 Å². The van der Waals surface area contributed by atoms with Gasteiger partial charge in [-0.25, -0.2) is 0 Å². The highest BCUT2D eigenvalue weighted by Gasteiger charge is 2.22. The Kier molecular flexibility index (Phi) is 13.5. The highest BCUT2D eigenvalue weighted by atomic mass is 16.1. The Morgan fingerprint density at radius 2 is 1.43 bits per heavy atom. The molecule has 0 saturated heterocycles. The molecule has 1 aromatic carbocycles. The molecule has 0 aliphatic carbocycles. The van der Waals surface area contributed by atoms with E-state index >= 15 is 0 Å². The molecule has 0 bridgehead atoms. The van der Waals surface area contributed by atoms with Crippen LogP contribution < -0.4 is 11.1 Å². The van der Waals surface area contributed by atoms with Gasteiger partial charge < -0.3 is 16.0 Å². The van der Waals surface area contributed by atoms with Crippen molar-refractivity contribution in [2.45, 2.75) is 103 Å². The van der Waals surface area contributed by atoms with E-state index in [1.807, 2.05) is 0 Å². The minimum Gasteiger partial charge on any atom is -0.399 e. The minimum absolute atomic E-state index is 0.0217. The van der Waals surface area contributed by atoms with Crippen LogP contribution in [-0.2, 0) is 0 Å². The van der Waals surface area contributed by atoms with Gasteiger partial charge in [0.15, 0.2) is 0 Å². The van der Waals surface area contributed by atoms with Gasteiger partial charge in [-0.15, -0.1) is 0 Å². The topological polar surface area (TPSA) is 58.4 Å². The molecule has 0 radical (unpaired) electrons. The fourth-order valence-corrected chi connectivity index (χ4v) is 3.79. The number of amides is 1. The molecule has 0 heterocycles. The van der Waals surface area contributed by atoms with Gasteiger partial charge >= 0.3 is 0 Å². The van der Waals surface area contributed by atoms with E-state index in [9.17, 15) is 4.79 Å². The fourth-order valence-electron chi connectivity index (χ4n) is 3.79. The predicted octanol–water partition coefficient (Wildman–Crippen LogP) is 6.41. The number of anilines is 1. The third-order valence-electron chi connectivity index (χ3n) is 6.30. The molecule has 0 unspecified atom stereocenters. The molecule has 0 spiro atoms. The van der Waals surface area contributed by atoms with E-state index in [0.717, 1.165) is 19.4 Å². The zero-order chi connectivity index (χ0) is 22.2. The van der Waals surface area contributed by atoms with Gasteiger partial charge in [-0.05, 0) is 71.0 Å². The molecule has 1 aromatic rings. The molecule has 3 N–H and O–H groups in total. The SMILES string of the molecule is CCCCCCCCCCCCN(C)C(C)(C)CCCNC(=O)c1ccc(N)cc1. The van der Waals surface area contributed by atoms with E-state index in [0.29, 0.717) is 17.8 Å². The molecule has 0 aromatic heterocycles. The van der Waals surface area contributed by atoms with Crippen LogP contribution in [0.1, 0.15) is 108 Å². The van der Waals surface area contributed by atoms with Crippen LogP contribution in [0, 0.1) is 0 Å². The van der Waals surface area contributed by atoms with Crippen LogP contribution in [0.25, 0.3) is 0 Å². The molecule has 0 fully saturated rings. The van der Waals surface area contributed by atoms with Gasteiger partial charge in [-0.3, -0.25) is 4.79 Å². The molecule has 4 heteroatoms. The summed E-state index contributed by atoms with van der Waals surface area (Å²) in [6.07, 6.45) is 15.9. The van der Waals surface area contributed by atoms with E-state index in [4.69, 9.17) is 5.73 Å². The van der Waals surface area contributed by atoms with E-state index in [2.05, 4.69) is 38.0 Å². The lowest BCUT2D eigenvalue weighted by molar-refractivity contribution is 0.0946. The lowest BCUT2D eigenvalue weighted by Gasteiger charge is -2.36.